The van der Waals surface area contributed by atoms with Crippen LogP contribution in [0.25, 0.3) is 0 Å². The molecule has 2 aliphatic rings. The van der Waals surface area contributed by atoms with Gasteiger partial charge in [0.25, 0.3) is 11.8 Å². The van der Waals surface area contributed by atoms with Crippen molar-refractivity contribution in [2.24, 2.45) is 0 Å². The smallest absolute Gasteiger partial charge is 0.409 e. The fraction of sp³-hybridized carbons (Fsp3) is 0.366. The summed E-state index contributed by atoms with van der Waals surface area (Å²) in [5.41, 5.74) is 3.22. The van der Waals surface area contributed by atoms with Crippen LogP contribution in [0.3, 0.4) is 0 Å². The third-order valence-electron chi connectivity index (χ3n) is 10.1. The fourth-order valence-corrected chi connectivity index (χ4v) is 8.45. The summed E-state index contributed by atoms with van der Waals surface area (Å²) in [7, 11) is 2.67. The van der Waals surface area contributed by atoms with E-state index in [1.807, 2.05) is 18.2 Å². The molecule has 0 saturated carbocycles. The quantitative estimate of drug-likeness (QED) is 0.160. The molecular weight excluding hydrogens is 715 g/mol. The van der Waals surface area contributed by atoms with Crippen LogP contribution in [0.4, 0.5) is 24.3 Å². The van der Waals surface area contributed by atoms with Gasteiger partial charge in [-0.05, 0) is 105 Å². The molecule has 1 aromatic heterocycles. The normalized spacial score (nSPS) is 15.3. The topological polar surface area (TPSA) is 117 Å². The molecule has 0 unspecified atom stereocenters. The molecule has 0 atom stereocenters. The minimum Gasteiger partial charge on any atom is -0.465 e. The van der Waals surface area contributed by atoms with E-state index in [1.54, 1.807) is 35.2 Å². The SMILES string of the molecule is COC(=O)c1ccc(CCc2c(F)cc(NC(=O)c3c(NC(=O)c4cccc(CN5CCN(C(=O)OC)CC5(C)C)c4)sc4c3CCCC4)cc2F)cc1. The summed E-state index contributed by atoms with van der Waals surface area (Å²) in [6, 6.07) is 16.2. The third kappa shape index (κ3) is 8.63. The molecular formula is C41H44F2N4O6S. The van der Waals surface area contributed by atoms with E-state index in [0.717, 1.165) is 53.0 Å². The Hall–Kier alpha value is -5.14. The van der Waals surface area contributed by atoms with Gasteiger partial charge < -0.3 is 25.0 Å². The third-order valence-corrected chi connectivity index (χ3v) is 11.3. The average Bonchev–Trinajstić information content (AvgIpc) is 3.52. The molecule has 2 heterocycles. The number of aryl methyl sites for hydroxylation is 2. The van der Waals surface area contributed by atoms with Gasteiger partial charge in [0, 0.05) is 53.4 Å². The molecule has 13 heteroatoms. The Bertz CT molecular complexity index is 2040. The van der Waals surface area contributed by atoms with Gasteiger partial charge in [-0.2, -0.15) is 0 Å². The highest BCUT2D eigenvalue weighted by Gasteiger charge is 2.36. The van der Waals surface area contributed by atoms with Gasteiger partial charge in [-0.15, -0.1) is 11.3 Å². The van der Waals surface area contributed by atoms with Crippen LogP contribution >= 0.6 is 11.3 Å². The van der Waals surface area contributed by atoms with Crippen molar-refractivity contribution in [3.05, 3.63) is 116 Å². The monoisotopic (exact) mass is 758 g/mol. The highest BCUT2D eigenvalue weighted by Crippen LogP contribution is 2.39. The van der Waals surface area contributed by atoms with E-state index in [4.69, 9.17) is 9.47 Å². The number of anilines is 2. The maximum atomic E-state index is 15.3. The summed E-state index contributed by atoms with van der Waals surface area (Å²) in [5.74, 6) is -2.97. The van der Waals surface area contributed by atoms with Crippen molar-refractivity contribution in [3.8, 4) is 0 Å². The van der Waals surface area contributed by atoms with Crippen molar-refractivity contribution >= 4 is 45.9 Å². The summed E-state index contributed by atoms with van der Waals surface area (Å²) in [5, 5.41) is 6.05. The number of amides is 3. The van der Waals surface area contributed by atoms with E-state index in [-0.39, 0.29) is 35.2 Å². The minimum atomic E-state index is -0.786. The second-order valence-corrected chi connectivity index (χ2v) is 15.4. The summed E-state index contributed by atoms with van der Waals surface area (Å²) in [4.78, 5) is 56.3. The number of hydrogen-bond donors (Lipinski definition) is 2. The van der Waals surface area contributed by atoms with Gasteiger partial charge in [0.15, 0.2) is 0 Å². The Morgan fingerprint density at radius 3 is 2.22 bits per heavy atom. The molecule has 2 N–H and O–H groups in total. The Labute approximate surface area is 317 Å². The number of methoxy groups -OCH3 is 2. The number of rotatable bonds is 10. The standard InChI is InChI=1S/C41H44F2N4O6S/c1-41(2)24-46(40(51)53-4)18-19-47(41)23-26-8-7-9-28(20-26)36(48)45-38-35(31-10-5-6-11-34(31)54-38)37(49)44-29-21-32(42)30(33(43)22-29)17-14-25-12-15-27(16-13-25)39(50)52-3/h7-9,12-13,15-16,20-22H,5-6,10-11,14,17-19,23-24H2,1-4H3,(H,44,49)(H,45,48). The van der Waals surface area contributed by atoms with Crippen LogP contribution < -0.4 is 10.6 Å². The number of carbonyl (C=O) groups is 4. The first kappa shape index (κ1) is 38.6. The molecule has 6 rings (SSSR count). The molecule has 1 aliphatic carbocycles. The lowest BCUT2D eigenvalue weighted by Crippen LogP contribution is -2.59. The van der Waals surface area contributed by atoms with Gasteiger partial charge in [0.05, 0.1) is 25.3 Å². The predicted octanol–water partition coefficient (Wildman–Crippen LogP) is 7.64. The van der Waals surface area contributed by atoms with E-state index < -0.39 is 23.5 Å². The first-order valence-corrected chi connectivity index (χ1v) is 18.8. The Balaban J connectivity index is 1.15. The zero-order chi connectivity index (χ0) is 38.6. The number of ether oxygens (including phenoxy) is 2. The second-order valence-electron chi connectivity index (χ2n) is 14.3. The van der Waals surface area contributed by atoms with Crippen molar-refractivity contribution in [2.45, 2.75) is 64.5 Å². The first-order chi connectivity index (χ1) is 25.9. The minimum absolute atomic E-state index is 0.0303. The number of halogens is 2. The van der Waals surface area contributed by atoms with E-state index >= 15 is 8.78 Å². The lowest BCUT2D eigenvalue weighted by atomic mass is 9.95. The van der Waals surface area contributed by atoms with Crippen LogP contribution in [0, 0.1) is 11.6 Å². The molecule has 10 nitrogen and oxygen atoms in total. The van der Waals surface area contributed by atoms with Crippen LogP contribution in [0.1, 0.15) is 84.9 Å². The Morgan fingerprint density at radius 1 is 0.815 bits per heavy atom. The van der Waals surface area contributed by atoms with Gasteiger partial charge in [-0.1, -0.05) is 24.3 Å². The highest BCUT2D eigenvalue weighted by molar-refractivity contribution is 7.17. The van der Waals surface area contributed by atoms with Crippen molar-refractivity contribution in [3.63, 3.8) is 0 Å². The molecule has 3 amide bonds. The lowest BCUT2D eigenvalue weighted by Gasteiger charge is -2.46. The number of nitrogens with zero attached hydrogens (tertiary/aromatic N) is 2. The van der Waals surface area contributed by atoms with Crippen molar-refractivity contribution in [2.75, 3.05) is 44.5 Å². The molecule has 1 fully saturated rings. The summed E-state index contributed by atoms with van der Waals surface area (Å²) < 4.78 is 40.2. The summed E-state index contributed by atoms with van der Waals surface area (Å²) in [6.45, 7) is 6.38. The van der Waals surface area contributed by atoms with E-state index in [9.17, 15) is 19.2 Å². The lowest BCUT2D eigenvalue weighted by molar-refractivity contribution is 0.0135. The van der Waals surface area contributed by atoms with E-state index in [0.29, 0.717) is 60.7 Å². The van der Waals surface area contributed by atoms with Crippen LogP contribution in [0.15, 0.2) is 60.7 Å². The van der Waals surface area contributed by atoms with Crippen molar-refractivity contribution in [1.82, 2.24) is 9.80 Å². The highest BCUT2D eigenvalue weighted by atomic mass is 32.1. The predicted molar refractivity (Wildman–Crippen MR) is 203 cm³/mol. The van der Waals surface area contributed by atoms with Gasteiger partial charge in [-0.3, -0.25) is 14.5 Å². The Kier molecular flexibility index (Phi) is 11.8. The van der Waals surface area contributed by atoms with Crippen LogP contribution in [0.5, 0.6) is 0 Å². The number of nitrogens with one attached hydrogen (secondary N) is 2. The molecule has 0 spiro atoms. The zero-order valence-corrected chi connectivity index (χ0v) is 31.7. The Morgan fingerprint density at radius 2 is 1.54 bits per heavy atom. The number of esters is 1. The molecule has 0 radical (unpaired) electrons. The van der Waals surface area contributed by atoms with E-state index in [2.05, 4.69) is 29.4 Å². The van der Waals surface area contributed by atoms with Gasteiger partial charge in [0.1, 0.15) is 16.6 Å². The van der Waals surface area contributed by atoms with Crippen LogP contribution in [-0.4, -0.2) is 73.1 Å². The maximum Gasteiger partial charge on any atom is 0.409 e. The summed E-state index contributed by atoms with van der Waals surface area (Å²) >= 11 is 1.36. The van der Waals surface area contributed by atoms with Crippen LogP contribution in [0.2, 0.25) is 0 Å². The van der Waals surface area contributed by atoms with Gasteiger partial charge >= 0.3 is 12.1 Å². The number of hydrogen-bond acceptors (Lipinski definition) is 8. The number of thiophene rings is 1. The zero-order valence-electron chi connectivity index (χ0n) is 30.9. The van der Waals surface area contributed by atoms with Crippen molar-refractivity contribution < 1.29 is 37.4 Å². The second kappa shape index (κ2) is 16.5. The number of carbonyl (C=O) groups excluding carboxylic acids is 4. The number of piperazine rings is 1. The van der Waals surface area contributed by atoms with Crippen LogP contribution in [-0.2, 0) is 41.7 Å². The molecule has 1 saturated heterocycles. The van der Waals surface area contributed by atoms with Gasteiger partial charge in [0.2, 0.25) is 0 Å². The number of benzene rings is 3. The average molecular weight is 759 g/mol. The fourth-order valence-electron chi connectivity index (χ4n) is 7.17. The van der Waals surface area contributed by atoms with Gasteiger partial charge in [-0.25, -0.2) is 18.4 Å². The largest absolute Gasteiger partial charge is 0.465 e. The van der Waals surface area contributed by atoms with E-state index in [1.165, 1.54) is 25.6 Å². The number of fused-ring (bicyclic) bond motifs is 1. The molecule has 3 aromatic carbocycles. The molecule has 4 aromatic rings. The maximum absolute atomic E-state index is 15.3. The molecule has 284 valence electrons. The van der Waals surface area contributed by atoms with Crippen molar-refractivity contribution in [1.29, 1.82) is 0 Å². The summed E-state index contributed by atoms with van der Waals surface area (Å²) in [6.07, 6.45) is 3.32. The first-order valence-electron chi connectivity index (χ1n) is 18.0. The molecule has 0 bridgehead atoms. The molecule has 1 aliphatic heterocycles. The molecule has 54 heavy (non-hydrogen) atoms.